The van der Waals surface area contributed by atoms with Crippen LogP contribution in [0.5, 0.6) is 0 Å². The van der Waals surface area contributed by atoms with Gasteiger partial charge < -0.3 is 27.9 Å². The van der Waals surface area contributed by atoms with Crippen molar-refractivity contribution in [3.63, 3.8) is 0 Å². The van der Waals surface area contributed by atoms with Crippen molar-refractivity contribution in [3.8, 4) is 0 Å². The van der Waals surface area contributed by atoms with Gasteiger partial charge in [-0.3, -0.25) is 9.36 Å². The summed E-state index contributed by atoms with van der Waals surface area (Å²) in [5.41, 5.74) is 0. The van der Waals surface area contributed by atoms with Gasteiger partial charge in [-0.05, 0) is 12.8 Å². The molecule has 0 aliphatic carbocycles. The normalized spacial score (nSPS) is 13.7. The van der Waals surface area contributed by atoms with E-state index in [1.54, 1.807) is 0 Å². The minimum absolute atomic E-state index is 0.0313. The Balaban J connectivity index is 4.09. The molecule has 0 rings (SSSR count). The fourth-order valence-corrected chi connectivity index (χ4v) is 7.34. The molecular weight excluding hydrogens is 685 g/mol. The van der Waals surface area contributed by atoms with Gasteiger partial charge in [0.15, 0.2) is 0 Å². The minimum Gasteiger partial charge on any atom is -0.756 e. The van der Waals surface area contributed by atoms with E-state index in [1.807, 2.05) is 21.1 Å². The van der Waals surface area contributed by atoms with Crippen LogP contribution in [0.3, 0.4) is 0 Å². The molecule has 0 heterocycles. The maximum absolute atomic E-state index is 12.6. The Kier molecular flexibility index (Phi) is 38.0. The molecule has 0 aromatic rings. The number of ether oxygens (including phenoxy) is 2. The first-order chi connectivity index (χ1) is 25.6. The van der Waals surface area contributed by atoms with Gasteiger partial charge in [-0.25, -0.2) is 0 Å². The lowest BCUT2D eigenvalue weighted by atomic mass is 10.0. The number of rotatable bonds is 43. The van der Waals surface area contributed by atoms with Crippen LogP contribution in [0.4, 0.5) is 0 Å². The Morgan fingerprint density at radius 1 is 0.509 bits per heavy atom. The number of nitrogens with zero attached hydrogens (tertiary/aromatic N) is 1. The van der Waals surface area contributed by atoms with E-state index in [0.29, 0.717) is 24.1 Å². The molecule has 0 saturated heterocycles. The van der Waals surface area contributed by atoms with E-state index >= 15 is 0 Å². The SMILES string of the molecule is CCCCCCCCCCCCCCCCCCCCCCOC[C@H](COP(=O)([O-])OCC[N+](C)(C)C)OC(=O)CCCCCCCCCCCCC. The van der Waals surface area contributed by atoms with Gasteiger partial charge in [-0.2, -0.15) is 0 Å². The van der Waals surface area contributed by atoms with Crippen molar-refractivity contribution >= 4 is 13.8 Å². The van der Waals surface area contributed by atoms with Crippen LogP contribution in [0, 0.1) is 0 Å². The summed E-state index contributed by atoms with van der Waals surface area (Å²) in [6.45, 7) is 5.46. The molecule has 0 spiro atoms. The molecular formula is C44H90NO7P. The Bertz CT molecular complexity index is 822. The zero-order valence-corrected chi connectivity index (χ0v) is 36.9. The smallest absolute Gasteiger partial charge is 0.306 e. The fourth-order valence-electron chi connectivity index (χ4n) is 6.61. The van der Waals surface area contributed by atoms with Crippen molar-refractivity contribution in [2.45, 2.75) is 225 Å². The van der Waals surface area contributed by atoms with Crippen LogP contribution in [0.25, 0.3) is 0 Å². The average Bonchev–Trinajstić information content (AvgIpc) is 3.11. The Labute approximate surface area is 329 Å². The molecule has 8 nitrogen and oxygen atoms in total. The highest BCUT2D eigenvalue weighted by Crippen LogP contribution is 2.38. The van der Waals surface area contributed by atoms with E-state index in [4.69, 9.17) is 18.5 Å². The molecule has 2 atom stereocenters. The van der Waals surface area contributed by atoms with Gasteiger partial charge in [0.05, 0.1) is 34.4 Å². The molecule has 318 valence electrons. The van der Waals surface area contributed by atoms with Crippen LogP contribution >= 0.6 is 7.82 Å². The second-order valence-electron chi connectivity index (χ2n) is 16.8. The lowest BCUT2D eigenvalue weighted by molar-refractivity contribution is -0.870. The molecule has 0 N–H and O–H groups in total. The molecule has 0 bridgehead atoms. The first-order valence-corrected chi connectivity index (χ1v) is 24.2. The van der Waals surface area contributed by atoms with E-state index in [9.17, 15) is 14.3 Å². The molecule has 53 heavy (non-hydrogen) atoms. The van der Waals surface area contributed by atoms with Crippen molar-refractivity contribution in [1.82, 2.24) is 0 Å². The summed E-state index contributed by atoms with van der Waals surface area (Å²) < 4.78 is 34.6. The van der Waals surface area contributed by atoms with E-state index in [1.165, 1.54) is 167 Å². The van der Waals surface area contributed by atoms with Crippen LogP contribution < -0.4 is 4.89 Å². The zero-order valence-electron chi connectivity index (χ0n) is 36.0. The van der Waals surface area contributed by atoms with Gasteiger partial charge in [-0.15, -0.1) is 0 Å². The van der Waals surface area contributed by atoms with Crippen molar-refractivity contribution < 1.29 is 37.3 Å². The van der Waals surface area contributed by atoms with Crippen molar-refractivity contribution in [2.75, 3.05) is 54.1 Å². The Morgan fingerprint density at radius 2 is 0.868 bits per heavy atom. The van der Waals surface area contributed by atoms with Crippen molar-refractivity contribution in [1.29, 1.82) is 0 Å². The molecule has 0 saturated carbocycles. The summed E-state index contributed by atoms with van der Waals surface area (Å²) >= 11 is 0. The van der Waals surface area contributed by atoms with E-state index in [-0.39, 0.29) is 25.8 Å². The van der Waals surface area contributed by atoms with Crippen LogP contribution in [0.15, 0.2) is 0 Å². The van der Waals surface area contributed by atoms with Gasteiger partial charge in [-0.1, -0.05) is 200 Å². The first kappa shape index (κ1) is 52.5. The number of phosphoric acid groups is 1. The van der Waals surface area contributed by atoms with Gasteiger partial charge in [0, 0.05) is 13.0 Å². The lowest BCUT2D eigenvalue weighted by Crippen LogP contribution is -2.37. The molecule has 0 amide bonds. The summed E-state index contributed by atoms with van der Waals surface area (Å²) in [6, 6.07) is 0. The van der Waals surface area contributed by atoms with Gasteiger partial charge in [0.1, 0.15) is 19.3 Å². The number of unbranched alkanes of at least 4 members (excludes halogenated alkanes) is 29. The third-order valence-corrected chi connectivity index (χ3v) is 11.1. The number of carbonyl (C=O) groups excluding carboxylic acids is 1. The summed E-state index contributed by atoms with van der Waals surface area (Å²) in [7, 11) is 1.37. The molecule has 0 aliphatic heterocycles. The summed E-state index contributed by atoms with van der Waals surface area (Å²) in [5, 5.41) is 0. The van der Waals surface area contributed by atoms with Crippen LogP contribution in [-0.4, -0.2) is 70.7 Å². The monoisotopic (exact) mass is 776 g/mol. The number of likely N-dealkylation sites (N-methyl/N-ethyl adjacent to an activating group) is 1. The predicted octanol–water partition coefficient (Wildman–Crippen LogP) is 12.6. The van der Waals surface area contributed by atoms with E-state index in [0.717, 1.165) is 32.1 Å². The number of phosphoric ester groups is 1. The molecule has 9 heteroatoms. The number of quaternary nitrogens is 1. The molecule has 0 aromatic carbocycles. The highest BCUT2D eigenvalue weighted by atomic mass is 31.2. The molecule has 1 unspecified atom stereocenters. The van der Waals surface area contributed by atoms with E-state index < -0.39 is 13.9 Å². The van der Waals surface area contributed by atoms with Gasteiger partial charge in [0.2, 0.25) is 0 Å². The highest BCUT2D eigenvalue weighted by molar-refractivity contribution is 7.45. The maximum atomic E-state index is 12.6. The Morgan fingerprint density at radius 3 is 1.25 bits per heavy atom. The number of hydrogen-bond acceptors (Lipinski definition) is 7. The topological polar surface area (TPSA) is 94.1 Å². The van der Waals surface area contributed by atoms with Crippen LogP contribution in [-0.2, 0) is 27.9 Å². The average molecular weight is 776 g/mol. The third kappa shape index (κ3) is 42.5. The van der Waals surface area contributed by atoms with Gasteiger partial charge >= 0.3 is 5.97 Å². The standard InChI is InChI=1S/C44H90NO7P/c1-6-8-10-12-14-16-18-19-20-21-22-23-24-25-26-28-30-32-34-36-39-49-41-43(42-51-53(47,48)50-40-38-45(3,4)5)52-44(46)37-35-33-31-29-27-17-15-13-11-9-7-2/h43H,6-42H2,1-5H3/t43-/m1/s1. The highest BCUT2D eigenvalue weighted by Gasteiger charge is 2.20. The van der Waals surface area contributed by atoms with Crippen LogP contribution in [0.2, 0.25) is 0 Å². The zero-order chi connectivity index (χ0) is 39.1. The fraction of sp³-hybridized carbons (Fsp3) is 0.977. The summed E-state index contributed by atoms with van der Waals surface area (Å²) in [4.78, 5) is 25.0. The predicted molar refractivity (Wildman–Crippen MR) is 222 cm³/mol. The minimum atomic E-state index is -4.51. The Hall–Kier alpha value is -0.500. The quantitative estimate of drug-likeness (QED) is 0.0263. The first-order valence-electron chi connectivity index (χ1n) is 22.8. The molecule has 0 aromatic heterocycles. The lowest BCUT2D eigenvalue weighted by Gasteiger charge is -2.28. The second kappa shape index (κ2) is 38.4. The van der Waals surface area contributed by atoms with Crippen LogP contribution in [0.1, 0.15) is 219 Å². The summed E-state index contributed by atoms with van der Waals surface area (Å²) in [5.74, 6) is -0.330. The molecule has 0 radical (unpaired) electrons. The maximum Gasteiger partial charge on any atom is 0.306 e. The molecule has 0 fully saturated rings. The van der Waals surface area contributed by atoms with E-state index in [2.05, 4.69) is 13.8 Å². The largest absolute Gasteiger partial charge is 0.756 e. The number of esters is 1. The summed E-state index contributed by atoms with van der Waals surface area (Å²) in [6.07, 6.45) is 39.7. The van der Waals surface area contributed by atoms with Crippen molar-refractivity contribution in [2.24, 2.45) is 0 Å². The number of carbonyl (C=O) groups is 1. The third-order valence-electron chi connectivity index (χ3n) is 10.2. The number of hydrogen-bond donors (Lipinski definition) is 0. The molecule has 0 aliphatic rings. The van der Waals surface area contributed by atoms with Crippen molar-refractivity contribution in [3.05, 3.63) is 0 Å². The van der Waals surface area contributed by atoms with Gasteiger partial charge in [0.25, 0.3) is 7.82 Å². The second-order valence-corrected chi connectivity index (χ2v) is 18.2.